The SMILES string of the molecule is Cc1cc(C)cc(C(N)c2ccccc2C2CCC2)c1. The minimum absolute atomic E-state index is 0.00889. The number of aryl methyl sites for hydroxylation is 2. The van der Waals surface area contributed by atoms with E-state index >= 15 is 0 Å². The summed E-state index contributed by atoms with van der Waals surface area (Å²) < 4.78 is 0. The highest BCUT2D eigenvalue weighted by Gasteiger charge is 2.24. The van der Waals surface area contributed by atoms with E-state index in [1.807, 2.05) is 0 Å². The van der Waals surface area contributed by atoms with Gasteiger partial charge in [-0.1, -0.05) is 60.0 Å². The largest absolute Gasteiger partial charge is 0.320 e. The van der Waals surface area contributed by atoms with Gasteiger partial charge in [0.15, 0.2) is 0 Å². The predicted molar refractivity (Wildman–Crippen MR) is 85.0 cm³/mol. The van der Waals surface area contributed by atoms with Crippen molar-refractivity contribution in [1.82, 2.24) is 0 Å². The molecule has 1 atom stereocenters. The Kier molecular flexibility index (Phi) is 3.62. The Bertz CT molecular complexity index is 591. The van der Waals surface area contributed by atoms with Crippen molar-refractivity contribution in [3.05, 3.63) is 70.3 Å². The third-order valence-electron chi connectivity index (χ3n) is 4.48. The molecule has 0 radical (unpaired) electrons. The third-order valence-corrected chi connectivity index (χ3v) is 4.48. The average molecular weight is 265 g/mol. The van der Waals surface area contributed by atoms with E-state index in [1.165, 1.54) is 47.1 Å². The lowest BCUT2D eigenvalue weighted by atomic mass is 9.76. The van der Waals surface area contributed by atoms with Crippen LogP contribution in [0.3, 0.4) is 0 Å². The van der Waals surface area contributed by atoms with Gasteiger partial charge in [-0.15, -0.1) is 0 Å². The molecule has 2 aromatic rings. The second-order valence-corrected chi connectivity index (χ2v) is 6.16. The lowest BCUT2D eigenvalue weighted by Gasteiger charge is -2.29. The molecule has 1 aliphatic carbocycles. The van der Waals surface area contributed by atoms with Gasteiger partial charge >= 0.3 is 0 Å². The van der Waals surface area contributed by atoms with Gasteiger partial charge in [0.2, 0.25) is 0 Å². The molecule has 0 spiro atoms. The lowest BCUT2D eigenvalue weighted by molar-refractivity contribution is 0.416. The van der Waals surface area contributed by atoms with Crippen molar-refractivity contribution in [2.45, 2.75) is 45.1 Å². The van der Waals surface area contributed by atoms with E-state index in [9.17, 15) is 0 Å². The van der Waals surface area contributed by atoms with E-state index in [-0.39, 0.29) is 6.04 Å². The molecule has 3 rings (SSSR count). The fraction of sp³-hybridized carbons (Fsp3) is 0.368. The molecule has 1 heteroatoms. The Morgan fingerprint density at radius 3 is 2.25 bits per heavy atom. The molecule has 1 saturated carbocycles. The summed E-state index contributed by atoms with van der Waals surface area (Å²) in [6, 6.07) is 15.4. The first-order valence-electron chi connectivity index (χ1n) is 7.58. The molecule has 20 heavy (non-hydrogen) atoms. The molecule has 2 N–H and O–H groups in total. The molecular weight excluding hydrogens is 242 g/mol. The van der Waals surface area contributed by atoms with Crippen LogP contribution in [-0.2, 0) is 0 Å². The summed E-state index contributed by atoms with van der Waals surface area (Å²) in [5.41, 5.74) is 13.2. The molecule has 1 unspecified atom stereocenters. The molecule has 2 aromatic carbocycles. The summed E-state index contributed by atoms with van der Waals surface area (Å²) in [4.78, 5) is 0. The quantitative estimate of drug-likeness (QED) is 0.861. The van der Waals surface area contributed by atoms with Gasteiger partial charge in [-0.2, -0.15) is 0 Å². The van der Waals surface area contributed by atoms with Crippen molar-refractivity contribution in [1.29, 1.82) is 0 Å². The summed E-state index contributed by atoms with van der Waals surface area (Å²) in [5.74, 6) is 0.725. The van der Waals surface area contributed by atoms with Crippen LogP contribution in [-0.4, -0.2) is 0 Å². The van der Waals surface area contributed by atoms with Crippen molar-refractivity contribution < 1.29 is 0 Å². The zero-order valence-corrected chi connectivity index (χ0v) is 12.4. The van der Waals surface area contributed by atoms with Crippen molar-refractivity contribution in [3.63, 3.8) is 0 Å². The van der Waals surface area contributed by atoms with Gasteiger partial charge in [-0.05, 0) is 49.3 Å². The van der Waals surface area contributed by atoms with E-state index in [2.05, 4.69) is 56.3 Å². The zero-order valence-electron chi connectivity index (χ0n) is 12.4. The molecule has 0 aliphatic heterocycles. The maximum absolute atomic E-state index is 6.57. The van der Waals surface area contributed by atoms with Crippen LogP contribution in [0, 0.1) is 13.8 Å². The van der Waals surface area contributed by atoms with Crippen LogP contribution in [0.5, 0.6) is 0 Å². The Morgan fingerprint density at radius 2 is 1.65 bits per heavy atom. The van der Waals surface area contributed by atoms with E-state index in [1.54, 1.807) is 0 Å². The van der Waals surface area contributed by atoms with Crippen LogP contribution < -0.4 is 5.73 Å². The highest BCUT2D eigenvalue weighted by molar-refractivity contribution is 5.41. The topological polar surface area (TPSA) is 26.0 Å². The average Bonchev–Trinajstić information content (AvgIpc) is 2.35. The lowest BCUT2D eigenvalue weighted by Crippen LogP contribution is -2.18. The highest BCUT2D eigenvalue weighted by Crippen LogP contribution is 2.40. The summed E-state index contributed by atoms with van der Waals surface area (Å²) in [7, 11) is 0. The fourth-order valence-electron chi connectivity index (χ4n) is 3.25. The maximum Gasteiger partial charge on any atom is 0.0554 e. The molecule has 104 valence electrons. The zero-order chi connectivity index (χ0) is 14.1. The molecule has 0 bridgehead atoms. The van der Waals surface area contributed by atoms with Crippen molar-refractivity contribution in [2.24, 2.45) is 5.73 Å². The molecule has 1 aliphatic rings. The maximum atomic E-state index is 6.57. The third kappa shape index (κ3) is 2.51. The normalized spacial score (nSPS) is 16.8. The van der Waals surface area contributed by atoms with Crippen molar-refractivity contribution >= 4 is 0 Å². The summed E-state index contributed by atoms with van der Waals surface area (Å²) >= 11 is 0. The standard InChI is InChI=1S/C19H23N/c1-13-10-14(2)12-16(11-13)19(20)18-9-4-3-8-17(18)15-6-5-7-15/h3-4,8-12,15,19H,5-7,20H2,1-2H3. The van der Waals surface area contributed by atoms with Crippen LogP contribution in [0.1, 0.15) is 59.0 Å². The van der Waals surface area contributed by atoms with Gasteiger partial charge in [-0.3, -0.25) is 0 Å². The van der Waals surface area contributed by atoms with Gasteiger partial charge in [0.1, 0.15) is 0 Å². The summed E-state index contributed by atoms with van der Waals surface area (Å²) in [6.45, 7) is 4.28. The Balaban J connectivity index is 1.99. The first-order chi connectivity index (χ1) is 9.65. The van der Waals surface area contributed by atoms with E-state index < -0.39 is 0 Å². The first-order valence-corrected chi connectivity index (χ1v) is 7.58. The van der Waals surface area contributed by atoms with Crippen LogP contribution in [0.15, 0.2) is 42.5 Å². The second kappa shape index (κ2) is 5.41. The second-order valence-electron chi connectivity index (χ2n) is 6.16. The Hall–Kier alpha value is -1.60. The molecule has 0 aromatic heterocycles. The Labute approximate surface area is 121 Å². The van der Waals surface area contributed by atoms with E-state index in [0.717, 1.165) is 5.92 Å². The monoisotopic (exact) mass is 265 g/mol. The van der Waals surface area contributed by atoms with Gasteiger partial charge < -0.3 is 5.73 Å². The first kappa shape index (κ1) is 13.4. The van der Waals surface area contributed by atoms with Gasteiger partial charge in [-0.25, -0.2) is 0 Å². The minimum atomic E-state index is -0.00889. The summed E-state index contributed by atoms with van der Waals surface area (Å²) in [6.07, 6.45) is 3.99. The molecule has 1 nitrogen and oxygen atoms in total. The Morgan fingerprint density at radius 1 is 1.00 bits per heavy atom. The highest BCUT2D eigenvalue weighted by atomic mass is 14.6. The van der Waals surface area contributed by atoms with Crippen molar-refractivity contribution in [3.8, 4) is 0 Å². The smallest absolute Gasteiger partial charge is 0.0554 e. The van der Waals surface area contributed by atoms with Crippen LogP contribution >= 0.6 is 0 Å². The number of hydrogen-bond donors (Lipinski definition) is 1. The van der Waals surface area contributed by atoms with Gasteiger partial charge in [0.05, 0.1) is 6.04 Å². The van der Waals surface area contributed by atoms with Crippen LogP contribution in [0.4, 0.5) is 0 Å². The van der Waals surface area contributed by atoms with Crippen LogP contribution in [0.25, 0.3) is 0 Å². The number of nitrogens with two attached hydrogens (primary N) is 1. The van der Waals surface area contributed by atoms with Gasteiger partial charge in [0, 0.05) is 0 Å². The molecule has 0 heterocycles. The van der Waals surface area contributed by atoms with E-state index in [4.69, 9.17) is 5.73 Å². The molecule has 0 saturated heterocycles. The van der Waals surface area contributed by atoms with Crippen LogP contribution in [0.2, 0.25) is 0 Å². The minimum Gasteiger partial charge on any atom is -0.320 e. The number of hydrogen-bond acceptors (Lipinski definition) is 1. The number of rotatable bonds is 3. The predicted octanol–water partition coefficient (Wildman–Crippen LogP) is 4.62. The molecular formula is C19H23N. The molecule has 0 amide bonds. The van der Waals surface area contributed by atoms with E-state index in [0.29, 0.717) is 0 Å². The fourth-order valence-corrected chi connectivity index (χ4v) is 3.25. The van der Waals surface area contributed by atoms with Gasteiger partial charge in [0.25, 0.3) is 0 Å². The molecule has 1 fully saturated rings. The number of benzene rings is 2. The van der Waals surface area contributed by atoms with Crippen molar-refractivity contribution in [2.75, 3.05) is 0 Å². The summed E-state index contributed by atoms with van der Waals surface area (Å²) in [5, 5.41) is 0.